The number of para-hydroxylation sites is 2. The first-order valence-electron chi connectivity index (χ1n) is 22.0. The van der Waals surface area contributed by atoms with Gasteiger partial charge in [-0.15, -0.1) is 0 Å². The Morgan fingerprint density at radius 3 is 1.62 bits per heavy atom. The number of pyridine rings is 2. The molecule has 2 saturated carbocycles. The fourth-order valence-corrected chi connectivity index (χ4v) is 8.22. The third-order valence-corrected chi connectivity index (χ3v) is 11.3. The number of carbonyl (C=O) groups excluding carboxylic acids is 3. The van der Waals surface area contributed by atoms with Crippen LogP contribution in [0, 0.1) is 0 Å². The van der Waals surface area contributed by atoms with Gasteiger partial charge in [-0.1, -0.05) is 42.5 Å². The van der Waals surface area contributed by atoms with Crippen LogP contribution in [0.1, 0.15) is 44.1 Å². The number of hydrogen-bond acceptors (Lipinski definition) is 13. The van der Waals surface area contributed by atoms with E-state index >= 15 is 0 Å². The number of methoxy groups -OCH3 is 2. The number of alkyl carbamates (subject to hydrolysis) is 1. The highest BCUT2D eigenvalue weighted by atomic mass is 16.6. The maximum Gasteiger partial charge on any atom is 0.407 e. The minimum Gasteiger partial charge on any atom is -0.486 e. The van der Waals surface area contributed by atoms with Crippen molar-refractivity contribution in [2.75, 3.05) is 51.3 Å². The highest BCUT2D eigenvalue weighted by Crippen LogP contribution is 2.42. The van der Waals surface area contributed by atoms with Gasteiger partial charge in [0.25, 0.3) is 0 Å². The number of nitrogens with one attached hydrogen (secondary N) is 5. The molecule has 2 aromatic heterocycles. The third-order valence-electron chi connectivity index (χ3n) is 11.3. The first-order valence-corrected chi connectivity index (χ1v) is 22.0. The van der Waals surface area contributed by atoms with E-state index < -0.39 is 6.09 Å². The zero-order valence-corrected chi connectivity index (χ0v) is 36.8. The Hall–Kier alpha value is -7.47. The molecular weight excluding hydrogens is 849 g/mol. The van der Waals surface area contributed by atoms with Gasteiger partial charge in [-0.2, -0.15) is 0 Å². The molecule has 4 aliphatic rings. The van der Waals surface area contributed by atoms with Gasteiger partial charge in [0, 0.05) is 58.8 Å². The molecule has 0 bridgehead atoms. The molecule has 2 aliphatic heterocycles. The highest BCUT2D eigenvalue weighted by molar-refractivity contribution is 5.91. The van der Waals surface area contributed by atoms with Crippen molar-refractivity contribution >= 4 is 29.5 Å². The van der Waals surface area contributed by atoms with Crippen LogP contribution in [0.2, 0.25) is 0 Å². The topological polar surface area (TPSA) is 228 Å². The van der Waals surface area contributed by atoms with Crippen LogP contribution in [0.4, 0.5) is 25.8 Å². The van der Waals surface area contributed by atoms with Crippen LogP contribution in [0.3, 0.4) is 0 Å². The lowest BCUT2D eigenvalue weighted by atomic mass is 10.1. The Morgan fingerprint density at radius 2 is 1.11 bits per heavy atom. The van der Waals surface area contributed by atoms with E-state index in [1.54, 1.807) is 24.3 Å². The van der Waals surface area contributed by atoms with Crippen molar-refractivity contribution in [2.24, 2.45) is 5.73 Å². The number of anilines is 2. The molecule has 0 saturated heterocycles. The van der Waals surface area contributed by atoms with E-state index in [-0.39, 0.29) is 42.8 Å². The zero-order valence-electron chi connectivity index (χ0n) is 36.8. The number of fused-ring (bicyclic) bond motifs is 2. The molecule has 0 spiro atoms. The lowest BCUT2D eigenvalue weighted by molar-refractivity contribution is 0.135. The third kappa shape index (κ3) is 11.8. The highest BCUT2D eigenvalue weighted by Gasteiger charge is 2.28. The van der Waals surface area contributed by atoms with Crippen LogP contribution in [-0.2, 0) is 11.3 Å². The summed E-state index contributed by atoms with van der Waals surface area (Å²) in [6.07, 6.45) is 4.28. The molecule has 7 N–H and O–H groups in total. The fraction of sp³-hybridized carbons (Fsp3) is 0.354. The predicted molar refractivity (Wildman–Crippen MR) is 246 cm³/mol. The van der Waals surface area contributed by atoms with Crippen molar-refractivity contribution in [3.63, 3.8) is 0 Å². The standard InChI is InChI=1S/C28H30N4O6.C20H24N4O4/c1-35-25-16-21(15-23(32-25)22-8-5-9-24-26(22)37-13-12-36-24)30-27(33)29-19-10-11-20(14-19)31-28(34)38-17-18-6-3-2-4-7-18;1-26-18-11-14(23-20(25)22-13-6-5-12(21)9-13)10-16(24-18)15-3-2-4-17-19(15)28-8-7-27-17/h2-9,15-16,19-20H,10-14,17H2,1H3,(H,31,34)(H2,29,30,32,33);2-4,10-13H,5-9,21H2,1H3,(H2,22,23,24,25)/t19-,20+;12-,13+/m10/s1. The van der Waals surface area contributed by atoms with Crippen LogP contribution in [0.15, 0.2) is 91.0 Å². The Morgan fingerprint density at radius 1 is 0.606 bits per heavy atom. The molecule has 2 fully saturated rings. The van der Waals surface area contributed by atoms with Gasteiger partial charge in [-0.05, 0) is 80.5 Å². The van der Waals surface area contributed by atoms with Crippen molar-refractivity contribution in [1.82, 2.24) is 25.9 Å². The van der Waals surface area contributed by atoms with E-state index in [9.17, 15) is 14.4 Å². The monoisotopic (exact) mass is 902 g/mol. The molecule has 0 unspecified atom stereocenters. The summed E-state index contributed by atoms with van der Waals surface area (Å²) in [5.41, 5.74) is 10.7. The van der Waals surface area contributed by atoms with Crippen LogP contribution in [0.25, 0.3) is 22.5 Å². The number of benzene rings is 3. The molecule has 66 heavy (non-hydrogen) atoms. The number of hydrogen-bond donors (Lipinski definition) is 6. The largest absolute Gasteiger partial charge is 0.486 e. The van der Waals surface area contributed by atoms with Gasteiger partial charge < -0.3 is 65.5 Å². The van der Waals surface area contributed by atoms with E-state index in [1.165, 1.54) is 14.2 Å². The average molecular weight is 903 g/mol. The molecule has 346 valence electrons. The molecular formula is C48H54N8O10. The molecule has 3 aromatic carbocycles. The maximum absolute atomic E-state index is 12.8. The van der Waals surface area contributed by atoms with Crippen molar-refractivity contribution in [3.05, 3.63) is 96.6 Å². The number of nitrogens with zero attached hydrogens (tertiary/aromatic N) is 2. The van der Waals surface area contributed by atoms with Gasteiger partial charge >= 0.3 is 18.2 Å². The van der Waals surface area contributed by atoms with Gasteiger partial charge in [-0.25, -0.2) is 24.4 Å². The van der Waals surface area contributed by atoms with Crippen LogP contribution in [-0.4, -0.2) is 92.9 Å². The summed E-state index contributed by atoms with van der Waals surface area (Å²) in [7, 11) is 3.06. The molecule has 18 heteroatoms. The Kier molecular flexibility index (Phi) is 14.7. The van der Waals surface area contributed by atoms with Crippen LogP contribution < -0.4 is 60.7 Å². The second-order valence-electron chi connectivity index (χ2n) is 16.1. The lowest BCUT2D eigenvalue weighted by Gasteiger charge is -2.21. The second kappa shape index (κ2) is 21.5. The summed E-state index contributed by atoms with van der Waals surface area (Å²) in [6.45, 7) is 2.14. The van der Waals surface area contributed by atoms with Crippen LogP contribution >= 0.6 is 0 Å². The SMILES string of the molecule is COc1cc(NC(=O)N[C@@H]2CC[C@H](N)C2)cc(-c2cccc3c2OCCO3)n1.COc1cc(NC(=O)N[C@@H]2CC[C@H](NC(=O)OCc3ccccc3)C2)cc(-c2cccc3c2OCCO3)n1. The van der Waals surface area contributed by atoms with E-state index in [2.05, 4.69) is 36.6 Å². The summed E-state index contributed by atoms with van der Waals surface area (Å²) in [6, 6.07) is 27.1. The smallest absolute Gasteiger partial charge is 0.407 e. The number of urea groups is 2. The Balaban J connectivity index is 0.000000188. The summed E-state index contributed by atoms with van der Waals surface area (Å²) in [4.78, 5) is 46.4. The minimum atomic E-state index is -0.460. The normalized spacial score (nSPS) is 19.0. The number of ether oxygens (including phenoxy) is 7. The number of rotatable bonds is 11. The van der Waals surface area contributed by atoms with Gasteiger partial charge in [0.15, 0.2) is 23.0 Å². The predicted octanol–water partition coefficient (Wildman–Crippen LogP) is 7.03. The molecule has 2 aliphatic carbocycles. The van der Waals surface area contributed by atoms with Gasteiger partial charge in [0.2, 0.25) is 11.8 Å². The summed E-state index contributed by atoms with van der Waals surface area (Å²) >= 11 is 0. The quantitative estimate of drug-likeness (QED) is 0.0784. The lowest BCUT2D eigenvalue weighted by Crippen LogP contribution is -2.39. The van der Waals surface area contributed by atoms with E-state index in [0.29, 0.717) is 90.4 Å². The van der Waals surface area contributed by atoms with Crippen molar-refractivity contribution in [1.29, 1.82) is 0 Å². The molecule has 4 atom stereocenters. The Bertz CT molecular complexity index is 2490. The summed E-state index contributed by atoms with van der Waals surface area (Å²) in [5, 5.41) is 14.6. The first kappa shape index (κ1) is 45.1. The maximum atomic E-state index is 12.8. The second-order valence-corrected chi connectivity index (χ2v) is 16.1. The van der Waals surface area contributed by atoms with Crippen molar-refractivity contribution in [3.8, 4) is 57.3 Å². The fourth-order valence-electron chi connectivity index (χ4n) is 8.22. The van der Waals surface area contributed by atoms with E-state index in [4.69, 9.17) is 38.9 Å². The molecule has 9 rings (SSSR count). The molecule has 0 radical (unpaired) electrons. The van der Waals surface area contributed by atoms with Gasteiger partial charge in [0.1, 0.15) is 33.0 Å². The van der Waals surface area contributed by atoms with Crippen molar-refractivity contribution in [2.45, 2.75) is 69.3 Å². The van der Waals surface area contributed by atoms with E-state index in [1.807, 2.05) is 66.7 Å². The summed E-state index contributed by atoms with van der Waals surface area (Å²) in [5.74, 6) is 3.33. The molecule has 5 aromatic rings. The molecule has 5 amide bonds. The van der Waals surface area contributed by atoms with Gasteiger partial charge in [0.05, 0.1) is 25.6 Å². The number of amides is 5. The molecule has 4 heterocycles. The first-order chi connectivity index (χ1) is 32.2. The zero-order chi connectivity index (χ0) is 45.8. The minimum absolute atomic E-state index is 0.0670. The Labute approximate surface area is 382 Å². The molecule has 18 nitrogen and oxygen atoms in total. The average Bonchev–Trinajstić information content (AvgIpc) is 3.97. The van der Waals surface area contributed by atoms with Gasteiger partial charge in [-0.3, -0.25) is 0 Å². The summed E-state index contributed by atoms with van der Waals surface area (Å²) < 4.78 is 38.9. The number of aromatic nitrogens is 2. The number of carbonyl (C=O) groups is 3. The van der Waals surface area contributed by atoms with E-state index in [0.717, 1.165) is 48.8 Å². The van der Waals surface area contributed by atoms with Crippen LogP contribution in [0.5, 0.6) is 34.8 Å². The number of nitrogens with two attached hydrogens (primary N) is 1. The van der Waals surface area contributed by atoms with Crippen molar-refractivity contribution < 1.29 is 47.5 Å².